The number of rotatable bonds is 6. The quantitative estimate of drug-likeness (QED) is 0.703. The van der Waals surface area contributed by atoms with Gasteiger partial charge in [-0.15, -0.1) is 0 Å². The number of halogens is 2. The van der Waals surface area contributed by atoms with Crippen molar-refractivity contribution in [2.24, 2.45) is 5.92 Å². The first kappa shape index (κ1) is 19.1. The molecule has 0 aliphatic carbocycles. The molecule has 0 fully saturated rings. The van der Waals surface area contributed by atoms with E-state index in [4.69, 9.17) is 17.0 Å². The van der Waals surface area contributed by atoms with Gasteiger partial charge < -0.3 is 15.4 Å². The molecule has 2 rings (SSSR count). The van der Waals surface area contributed by atoms with Crippen molar-refractivity contribution in [2.45, 2.75) is 26.3 Å². The van der Waals surface area contributed by atoms with Crippen molar-refractivity contribution in [1.29, 1.82) is 0 Å². The second-order valence-corrected chi connectivity index (χ2v) is 6.56. The lowest BCUT2D eigenvalue weighted by atomic mass is 9.97. The minimum absolute atomic E-state index is 0.0826. The molecule has 0 aromatic heterocycles. The highest BCUT2D eigenvalue weighted by molar-refractivity contribution is 7.80. The molecule has 2 aromatic carbocycles. The number of ether oxygens (including phenoxy) is 1. The summed E-state index contributed by atoms with van der Waals surface area (Å²) < 4.78 is 32.7. The molecule has 1 atom stereocenters. The minimum atomic E-state index is -0.686. The van der Waals surface area contributed by atoms with E-state index >= 15 is 0 Å². The van der Waals surface area contributed by atoms with E-state index in [1.807, 2.05) is 24.3 Å². The molecule has 0 amide bonds. The Morgan fingerprint density at radius 2 is 1.68 bits per heavy atom. The summed E-state index contributed by atoms with van der Waals surface area (Å²) in [5, 5.41) is 5.94. The van der Waals surface area contributed by atoms with Gasteiger partial charge in [0.25, 0.3) is 0 Å². The molecular weight excluding hydrogens is 342 g/mol. The van der Waals surface area contributed by atoms with E-state index in [1.54, 1.807) is 7.11 Å². The van der Waals surface area contributed by atoms with Crippen LogP contribution in [0, 0.1) is 17.6 Å². The molecule has 0 aliphatic rings. The third kappa shape index (κ3) is 5.39. The van der Waals surface area contributed by atoms with E-state index in [0.29, 0.717) is 5.92 Å². The summed E-state index contributed by atoms with van der Waals surface area (Å²) in [6, 6.07) is 11.2. The Labute approximate surface area is 152 Å². The Balaban J connectivity index is 2.14. The van der Waals surface area contributed by atoms with Crippen LogP contribution in [0.1, 0.15) is 31.9 Å². The number of benzene rings is 2. The molecular formula is C19H22F2N2OS. The number of hydrogen-bond acceptors (Lipinski definition) is 2. The van der Waals surface area contributed by atoms with Gasteiger partial charge in [0.05, 0.1) is 13.2 Å². The number of hydrogen-bond donors (Lipinski definition) is 2. The van der Waals surface area contributed by atoms with Crippen molar-refractivity contribution in [3.63, 3.8) is 0 Å². The van der Waals surface area contributed by atoms with Gasteiger partial charge in [-0.3, -0.25) is 0 Å². The maximum atomic E-state index is 13.8. The molecule has 6 heteroatoms. The first-order valence-electron chi connectivity index (χ1n) is 8.06. The number of anilines is 1. The largest absolute Gasteiger partial charge is 0.497 e. The fourth-order valence-electron chi connectivity index (χ4n) is 2.51. The molecule has 0 bridgehead atoms. The van der Waals surface area contributed by atoms with Crippen molar-refractivity contribution in [3.05, 3.63) is 59.7 Å². The van der Waals surface area contributed by atoms with Crippen molar-refractivity contribution < 1.29 is 13.5 Å². The van der Waals surface area contributed by atoms with Crippen LogP contribution in [0.15, 0.2) is 42.5 Å². The molecule has 2 N–H and O–H groups in total. The van der Waals surface area contributed by atoms with Crippen molar-refractivity contribution in [1.82, 2.24) is 5.32 Å². The second kappa shape index (κ2) is 8.76. The molecule has 0 aliphatic heterocycles. The summed E-state index contributed by atoms with van der Waals surface area (Å²) in [5.41, 5.74) is 0.769. The topological polar surface area (TPSA) is 33.3 Å². The number of thiocarbonyl (C=S) groups is 1. The van der Waals surface area contributed by atoms with Crippen LogP contribution in [0.2, 0.25) is 0 Å². The van der Waals surface area contributed by atoms with Crippen LogP contribution in [0.3, 0.4) is 0 Å². The van der Waals surface area contributed by atoms with Gasteiger partial charge in [-0.05, 0) is 54.4 Å². The van der Waals surface area contributed by atoms with E-state index in [9.17, 15) is 8.78 Å². The first-order chi connectivity index (χ1) is 11.9. The molecule has 25 heavy (non-hydrogen) atoms. The molecule has 3 nitrogen and oxygen atoms in total. The van der Waals surface area contributed by atoms with Gasteiger partial charge in [0.1, 0.15) is 23.1 Å². The van der Waals surface area contributed by atoms with Crippen molar-refractivity contribution in [3.8, 4) is 5.75 Å². The first-order valence-corrected chi connectivity index (χ1v) is 8.47. The zero-order chi connectivity index (χ0) is 18.4. The molecule has 1 unspecified atom stereocenters. The predicted molar refractivity (Wildman–Crippen MR) is 101 cm³/mol. The number of nitrogens with one attached hydrogen (secondary N) is 2. The van der Waals surface area contributed by atoms with Crippen LogP contribution >= 0.6 is 12.2 Å². The maximum Gasteiger partial charge on any atom is 0.171 e. The standard InChI is InChI=1S/C19H22F2N2OS/c1-12(2)11-17(13-7-9-14(24-3)10-8-13)22-19(25)23-18-15(20)5-4-6-16(18)21/h4-10,12,17H,11H2,1-3H3,(H2,22,23,25). The summed E-state index contributed by atoms with van der Waals surface area (Å²) in [6.45, 7) is 4.20. The van der Waals surface area contributed by atoms with Gasteiger partial charge in [-0.2, -0.15) is 0 Å². The zero-order valence-electron chi connectivity index (χ0n) is 14.5. The Bertz CT molecular complexity index is 700. The number of para-hydroxylation sites is 1. The Morgan fingerprint density at radius 3 is 2.20 bits per heavy atom. The van der Waals surface area contributed by atoms with Crippen LogP contribution in [0.4, 0.5) is 14.5 Å². The van der Waals surface area contributed by atoms with E-state index in [2.05, 4.69) is 24.5 Å². The molecule has 0 heterocycles. The fraction of sp³-hybridized carbons (Fsp3) is 0.316. The van der Waals surface area contributed by atoms with Gasteiger partial charge >= 0.3 is 0 Å². The molecule has 0 saturated carbocycles. The van der Waals surface area contributed by atoms with Crippen LogP contribution in [-0.4, -0.2) is 12.2 Å². The third-order valence-electron chi connectivity index (χ3n) is 3.73. The lowest BCUT2D eigenvalue weighted by Gasteiger charge is -2.23. The van der Waals surface area contributed by atoms with Gasteiger partial charge in [-0.25, -0.2) is 8.78 Å². The molecule has 0 radical (unpaired) electrons. The lowest BCUT2D eigenvalue weighted by molar-refractivity contribution is 0.414. The summed E-state index contributed by atoms with van der Waals surface area (Å²) in [4.78, 5) is 0. The molecule has 0 saturated heterocycles. The number of methoxy groups -OCH3 is 1. The molecule has 134 valence electrons. The highest BCUT2D eigenvalue weighted by atomic mass is 32.1. The fourth-order valence-corrected chi connectivity index (χ4v) is 2.76. The highest BCUT2D eigenvalue weighted by Gasteiger charge is 2.16. The van der Waals surface area contributed by atoms with Gasteiger partial charge in [0, 0.05) is 0 Å². The Kier molecular flexibility index (Phi) is 6.70. The monoisotopic (exact) mass is 364 g/mol. The average Bonchev–Trinajstić information content (AvgIpc) is 2.57. The maximum absolute atomic E-state index is 13.8. The Morgan fingerprint density at radius 1 is 1.08 bits per heavy atom. The third-order valence-corrected chi connectivity index (χ3v) is 3.95. The van der Waals surface area contributed by atoms with Gasteiger partial charge in [0.15, 0.2) is 5.11 Å². The second-order valence-electron chi connectivity index (χ2n) is 6.15. The van der Waals surface area contributed by atoms with Crippen LogP contribution in [0.5, 0.6) is 5.75 Å². The SMILES string of the molecule is COc1ccc(C(CC(C)C)NC(=S)Nc2c(F)cccc2F)cc1. The smallest absolute Gasteiger partial charge is 0.171 e. The van der Waals surface area contributed by atoms with E-state index in [-0.39, 0.29) is 16.8 Å². The van der Waals surface area contributed by atoms with Crippen molar-refractivity contribution in [2.75, 3.05) is 12.4 Å². The van der Waals surface area contributed by atoms with Crippen LogP contribution in [-0.2, 0) is 0 Å². The van der Waals surface area contributed by atoms with Gasteiger partial charge in [0.2, 0.25) is 0 Å². The van der Waals surface area contributed by atoms with Gasteiger partial charge in [-0.1, -0.05) is 32.0 Å². The minimum Gasteiger partial charge on any atom is -0.497 e. The summed E-state index contributed by atoms with van der Waals surface area (Å²) >= 11 is 5.25. The normalized spacial score (nSPS) is 11.9. The molecule has 2 aromatic rings. The Hall–Kier alpha value is -2.21. The summed E-state index contributed by atoms with van der Waals surface area (Å²) in [6.07, 6.45) is 0.813. The highest BCUT2D eigenvalue weighted by Crippen LogP contribution is 2.24. The molecule has 0 spiro atoms. The summed E-state index contributed by atoms with van der Waals surface area (Å²) in [5.74, 6) is -0.197. The zero-order valence-corrected chi connectivity index (χ0v) is 15.3. The lowest BCUT2D eigenvalue weighted by Crippen LogP contribution is -2.33. The van der Waals surface area contributed by atoms with Crippen LogP contribution in [0.25, 0.3) is 0 Å². The van der Waals surface area contributed by atoms with E-state index in [0.717, 1.165) is 17.7 Å². The average molecular weight is 364 g/mol. The van der Waals surface area contributed by atoms with Crippen LogP contribution < -0.4 is 15.4 Å². The predicted octanol–water partition coefficient (Wildman–Crippen LogP) is 5.05. The van der Waals surface area contributed by atoms with E-state index in [1.165, 1.54) is 18.2 Å². The summed E-state index contributed by atoms with van der Waals surface area (Å²) in [7, 11) is 1.61. The van der Waals surface area contributed by atoms with E-state index < -0.39 is 11.6 Å². The van der Waals surface area contributed by atoms with Crippen molar-refractivity contribution >= 4 is 23.0 Å².